The predicted molar refractivity (Wildman–Crippen MR) is 260 cm³/mol. The van der Waals surface area contributed by atoms with Gasteiger partial charge in [-0.1, -0.05) is 175 Å². The monoisotopic (exact) mass is 956 g/mol. The van der Waals surface area contributed by atoms with Gasteiger partial charge in [-0.2, -0.15) is 12.1 Å². The van der Waals surface area contributed by atoms with Crippen molar-refractivity contribution in [3.63, 3.8) is 0 Å². The van der Waals surface area contributed by atoms with Gasteiger partial charge in [-0.25, -0.2) is 0 Å². The van der Waals surface area contributed by atoms with E-state index < -0.39 is 0 Å². The van der Waals surface area contributed by atoms with Crippen LogP contribution >= 0.6 is 0 Å². The van der Waals surface area contributed by atoms with Crippen LogP contribution in [-0.4, -0.2) is 5.43 Å². The second-order valence-electron chi connectivity index (χ2n) is 19.7. The van der Waals surface area contributed by atoms with Crippen LogP contribution in [0.3, 0.4) is 0 Å². The number of hydrogen-bond donors (Lipinski definition) is 0. The molecular weight excluding hydrogens is 887 g/mol. The zero-order chi connectivity index (χ0) is 41.1. The number of halogens is 2. The van der Waals surface area contributed by atoms with Crippen molar-refractivity contribution in [1.82, 2.24) is 0 Å². The van der Waals surface area contributed by atoms with Crippen molar-refractivity contribution in [1.29, 1.82) is 0 Å². The summed E-state index contributed by atoms with van der Waals surface area (Å²) >= 11 is 1.74. The van der Waals surface area contributed by atoms with Gasteiger partial charge < -0.3 is 24.8 Å². The summed E-state index contributed by atoms with van der Waals surface area (Å²) in [7, 11) is 0. The average molecular weight is 959 g/mol. The summed E-state index contributed by atoms with van der Waals surface area (Å²) in [5, 5.41) is 5.72. The molecule has 6 aromatic rings. The first-order chi connectivity index (χ1) is 29.5. The SMILES string of the molecule is C[Si](C)=[Zr+2].[Cl-].[Cl-].c1cc(-c2ccc(C3CCCCC3)cc2)c2cc(CC3CCCCC3)[cH-]c2c1.c1cc(-c2ccc(C3CCCCC3)cc2)c2cc(CC3CCCCC3)[cH-]c2c1. The Morgan fingerprint density at radius 1 is 0.452 bits per heavy atom. The number of hydrogen-bond acceptors (Lipinski definition) is 0. The van der Waals surface area contributed by atoms with Crippen LogP contribution in [0, 0.1) is 11.8 Å². The number of rotatable bonds is 8. The fourth-order valence-corrected chi connectivity index (χ4v) is 11.5. The van der Waals surface area contributed by atoms with Gasteiger partial charge in [0.25, 0.3) is 0 Å². The third-order valence-corrected chi connectivity index (χ3v) is 14.7. The largest absolute Gasteiger partial charge is 1.00 e. The van der Waals surface area contributed by atoms with E-state index in [9.17, 15) is 0 Å². The van der Waals surface area contributed by atoms with Crippen molar-refractivity contribution >= 4 is 27.0 Å². The maximum Gasteiger partial charge on any atom is -0.0162 e. The fourth-order valence-electron chi connectivity index (χ4n) is 11.5. The van der Waals surface area contributed by atoms with Gasteiger partial charge in [-0.3, -0.25) is 0 Å². The Kier molecular flexibility index (Phi) is 19.8. The molecule has 4 aliphatic carbocycles. The van der Waals surface area contributed by atoms with Gasteiger partial charge in [0, 0.05) is 0 Å². The molecule has 4 heteroatoms. The van der Waals surface area contributed by atoms with Crippen molar-refractivity contribution in [2.45, 2.75) is 166 Å². The van der Waals surface area contributed by atoms with Crippen molar-refractivity contribution in [2.24, 2.45) is 11.8 Å². The maximum absolute atomic E-state index is 2.48. The van der Waals surface area contributed by atoms with E-state index in [1.54, 1.807) is 45.6 Å². The molecule has 0 N–H and O–H groups in total. The Morgan fingerprint density at radius 3 is 1.11 bits per heavy atom. The topological polar surface area (TPSA) is 0 Å². The first kappa shape index (κ1) is 49.2. The molecule has 0 unspecified atom stereocenters. The molecule has 4 saturated carbocycles. The zero-order valence-electron chi connectivity index (χ0n) is 38.0. The van der Waals surface area contributed by atoms with Crippen molar-refractivity contribution < 1.29 is 48.1 Å². The van der Waals surface area contributed by atoms with Crippen LogP contribution in [0.2, 0.25) is 13.1 Å². The van der Waals surface area contributed by atoms with Gasteiger partial charge in [0.15, 0.2) is 0 Å². The Labute approximate surface area is 403 Å². The normalized spacial score (nSPS) is 17.9. The Morgan fingerprint density at radius 2 is 0.774 bits per heavy atom. The standard InChI is InChI=1S/2C28H33.C2H6Si.2ClH.Zr/c2*1-3-8-21(9-4-1)18-22-19-26-12-7-13-27(28(26)20-22)25-16-14-24(15-17-25)23-10-5-2-6-11-23;1-3-2;;;/h2*7,12-17,19-21,23H,1-6,8-11,18H2;1-2H3;2*1H;/q2*-1;;;;+2/p-2. The Balaban J connectivity index is 0.000000185. The van der Waals surface area contributed by atoms with E-state index in [0.717, 1.165) is 23.7 Å². The first-order valence-electron chi connectivity index (χ1n) is 24.6. The molecule has 0 aliphatic heterocycles. The summed E-state index contributed by atoms with van der Waals surface area (Å²) in [6, 6.07) is 42.6. The van der Waals surface area contributed by atoms with E-state index in [2.05, 4.69) is 122 Å². The van der Waals surface area contributed by atoms with Crippen molar-refractivity contribution in [3.05, 3.63) is 131 Å². The van der Waals surface area contributed by atoms with E-state index in [1.807, 2.05) is 0 Å². The summed E-state index contributed by atoms with van der Waals surface area (Å²) in [5.74, 6) is 3.40. The van der Waals surface area contributed by atoms with Crippen LogP contribution in [0.25, 0.3) is 43.8 Å². The second kappa shape index (κ2) is 24.9. The molecule has 62 heavy (non-hydrogen) atoms. The molecule has 10 rings (SSSR count). The minimum absolute atomic E-state index is 0. The fraction of sp³-hybridized carbons (Fsp3) is 0.483. The smallest absolute Gasteiger partial charge is 0.0162 e. The third-order valence-electron chi connectivity index (χ3n) is 14.7. The molecule has 328 valence electrons. The molecule has 0 heterocycles. The molecule has 4 aliphatic rings. The number of benzene rings is 4. The average Bonchev–Trinajstić information content (AvgIpc) is 3.91. The van der Waals surface area contributed by atoms with E-state index >= 15 is 0 Å². The van der Waals surface area contributed by atoms with Crippen molar-refractivity contribution in [2.75, 3.05) is 0 Å². The van der Waals surface area contributed by atoms with Crippen molar-refractivity contribution in [3.8, 4) is 22.3 Å². The molecule has 0 saturated heterocycles. The van der Waals surface area contributed by atoms with Crippen LogP contribution in [0.15, 0.2) is 109 Å². The molecule has 4 fully saturated rings. The second-order valence-corrected chi connectivity index (χ2v) is 29.0. The summed E-state index contributed by atoms with van der Waals surface area (Å²) in [6.45, 7) is 4.62. The van der Waals surface area contributed by atoms with Gasteiger partial charge in [0.2, 0.25) is 0 Å². The maximum atomic E-state index is 2.48. The van der Waals surface area contributed by atoms with E-state index in [4.69, 9.17) is 0 Å². The van der Waals surface area contributed by atoms with E-state index in [1.165, 1.54) is 185 Å². The van der Waals surface area contributed by atoms with E-state index in [-0.39, 0.29) is 30.2 Å². The molecule has 0 amide bonds. The minimum atomic E-state index is 0. The molecule has 0 aromatic heterocycles. The molecule has 0 spiro atoms. The van der Waals surface area contributed by atoms with Crippen LogP contribution in [0.5, 0.6) is 0 Å². The van der Waals surface area contributed by atoms with Crippen LogP contribution in [0.4, 0.5) is 0 Å². The molecular formula is C58H72Cl2SiZr-2. The summed E-state index contributed by atoms with van der Waals surface area (Å²) in [4.78, 5) is 0. The Bertz CT molecular complexity index is 2080. The molecule has 0 nitrogen and oxygen atoms in total. The summed E-state index contributed by atoms with van der Waals surface area (Å²) in [5.41, 5.74) is 12.0. The van der Waals surface area contributed by atoms with Crippen LogP contribution < -0.4 is 24.8 Å². The zero-order valence-corrected chi connectivity index (χ0v) is 43.0. The van der Waals surface area contributed by atoms with Gasteiger partial charge in [-0.05, 0) is 84.5 Å². The van der Waals surface area contributed by atoms with Crippen LogP contribution in [0.1, 0.15) is 163 Å². The number of fused-ring (bicyclic) bond motifs is 2. The molecule has 0 bridgehead atoms. The summed E-state index contributed by atoms with van der Waals surface area (Å²) in [6.07, 6.45) is 30.9. The van der Waals surface area contributed by atoms with Gasteiger partial charge >= 0.3 is 41.9 Å². The minimum Gasteiger partial charge on any atom is -1.00 e. The van der Waals surface area contributed by atoms with Gasteiger partial charge in [0.1, 0.15) is 0 Å². The molecule has 0 radical (unpaired) electrons. The quantitative estimate of drug-likeness (QED) is 0.105. The van der Waals surface area contributed by atoms with Gasteiger partial charge in [0.05, 0.1) is 0 Å². The van der Waals surface area contributed by atoms with Gasteiger partial charge in [-0.15, -0.1) is 69.1 Å². The predicted octanol–water partition coefficient (Wildman–Crippen LogP) is 11.6. The van der Waals surface area contributed by atoms with Crippen LogP contribution in [-0.2, 0) is 36.2 Å². The summed E-state index contributed by atoms with van der Waals surface area (Å²) < 4.78 is 0. The Hall–Kier alpha value is -2.22. The third kappa shape index (κ3) is 13.4. The molecule has 6 aromatic carbocycles. The van der Waals surface area contributed by atoms with E-state index in [0.29, 0.717) is 0 Å². The first-order valence-corrected chi connectivity index (χ1v) is 30.7. The molecule has 0 atom stereocenters.